The molecule has 6 heteroatoms. The Bertz CT molecular complexity index is 801. The summed E-state index contributed by atoms with van der Waals surface area (Å²) in [5.74, 6) is 0.908. The Morgan fingerprint density at radius 2 is 1.91 bits per heavy atom. The van der Waals surface area contributed by atoms with E-state index in [4.69, 9.17) is 11.6 Å². The van der Waals surface area contributed by atoms with Crippen molar-refractivity contribution in [3.05, 3.63) is 45.8 Å². The number of pyridine rings is 1. The van der Waals surface area contributed by atoms with Gasteiger partial charge < -0.3 is 4.90 Å². The number of aryl methyl sites for hydroxylation is 2. The molecule has 0 unspecified atom stereocenters. The van der Waals surface area contributed by atoms with Gasteiger partial charge in [-0.15, -0.1) is 11.3 Å². The normalized spacial score (nSPS) is 11.1. The van der Waals surface area contributed by atoms with Gasteiger partial charge >= 0.3 is 0 Å². The Labute approximate surface area is 138 Å². The molecule has 0 atom stereocenters. The Balaban J connectivity index is 1.91. The first-order chi connectivity index (χ1) is 10.6. The molecule has 0 aliphatic carbocycles. The number of anilines is 1. The van der Waals surface area contributed by atoms with Gasteiger partial charge in [-0.3, -0.25) is 4.98 Å². The fraction of sp³-hybridized carbons (Fsp3) is 0.312. The number of aromatic nitrogens is 3. The van der Waals surface area contributed by atoms with E-state index < -0.39 is 0 Å². The second kappa shape index (κ2) is 6.18. The van der Waals surface area contributed by atoms with Crippen LogP contribution in [0, 0.1) is 13.8 Å². The molecule has 3 aromatic heterocycles. The third-order valence-electron chi connectivity index (χ3n) is 3.83. The maximum absolute atomic E-state index is 6.10. The predicted octanol–water partition coefficient (Wildman–Crippen LogP) is 4.04. The summed E-state index contributed by atoms with van der Waals surface area (Å²) in [4.78, 5) is 17.2. The van der Waals surface area contributed by atoms with Crippen LogP contribution >= 0.6 is 22.9 Å². The molecule has 0 spiro atoms. The van der Waals surface area contributed by atoms with Crippen molar-refractivity contribution in [2.24, 2.45) is 0 Å². The molecule has 0 fully saturated rings. The number of halogens is 1. The van der Waals surface area contributed by atoms with Gasteiger partial charge in [0.05, 0.1) is 5.39 Å². The van der Waals surface area contributed by atoms with Crippen molar-refractivity contribution < 1.29 is 0 Å². The van der Waals surface area contributed by atoms with E-state index in [0.717, 1.165) is 29.0 Å². The lowest BCUT2D eigenvalue weighted by atomic mass is 10.1. The van der Waals surface area contributed by atoms with Crippen molar-refractivity contribution in [1.29, 1.82) is 0 Å². The number of rotatable bonds is 4. The van der Waals surface area contributed by atoms with E-state index in [0.29, 0.717) is 5.28 Å². The van der Waals surface area contributed by atoms with E-state index >= 15 is 0 Å². The summed E-state index contributed by atoms with van der Waals surface area (Å²) in [6, 6.07) is 4.08. The van der Waals surface area contributed by atoms with Crippen LogP contribution < -0.4 is 4.90 Å². The standard InChI is InChI=1S/C16H17ClN4S/c1-10-11(2)22-15-13(10)14(19-16(17)20-15)21(3)9-6-12-4-7-18-8-5-12/h4-5,7-8H,6,9H2,1-3H3. The lowest BCUT2D eigenvalue weighted by Crippen LogP contribution is -2.22. The SMILES string of the molecule is Cc1sc2nc(Cl)nc(N(C)CCc3ccncc3)c2c1C. The minimum atomic E-state index is 0.305. The van der Waals surface area contributed by atoms with E-state index in [1.54, 1.807) is 11.3 Å². The summed E-state index contributed by atoms with van der Waals surface area (Å²) < 4.78 is 0. The van der Waals surface area contributed by atoms with Crippen LogP contribution in [-0.2, 0) is 6.42 Å². The zero-order valence-corrected chi connectivity index (χ0v) is 14.4. The molecule has 0 aliphatic heterocycles. The predicted molar refractivity (Wildman–Crippen MR) is 93.1 cm³/mol. The van der Waals surface area contributed by atoms with Crippen LogP contribution in [0.3, 0.4) is 0 Å². The molecule has 3 aromatic rings. The fourth-order valence-corrected chi connectivity index (χ4v) is 3.67. The first-order valence-corrected chi connectivity index (χ1v) is 8.29. The molecule has 3 rings (SSSR count). The van der Waals surface area contributed by atoms with E-state index in [1.807, 2.05) is 31.6 Å². The molecule has 114 valence electrons. The number of hydrogen-bond acceptors (Lipinski definition) is 5. The van der Waals surface area contributed by atoms with Crippen molar-refractivity contribution in [2.45, 2.75) is 20.3 Å². The van der Waals surface area contributed by atoms with Crippen LogP contribution in [-0.4, -0.2) is 28.5 Å². The van der Waals surface area contributed by atoms with Crippen LogP contribution in [0.5, 0.6) is 0 Å². The summed E-state index contributed by atoms with van der Waals surface area (Å²) >= 11 is 7.76. The lowest BCUT2D eigenvalue weighted by molar-refractivity contribution is 0.860. The molecule has 0 saturated carbocycles. The maximum atomic E-state index is 6.10. The van der Waals surface area contributed by atoms with Crippen LogP contribution in [0.1, 0.15) is 16.0 Å². The van der Waals surface area contributed by atoms with Gasteiger partial charge in [0.1, 0.15) is 10.6 Å². The summed E-state index contributed by atoms with van der Waals surface area (Å²) in [6.07, 6.45) is 4.58. The first-order valence-electron chi connectivity index (χ1n) is 7.09. The van der Waals surface area contributed by atoms with E-state index in [-0.39, 0.29) is 0 Å². The maximum Gasteiger partial charge on any atom is 0.225 e. The molecular weight excluding hydrogens is 316 g/mol. The third kappa shape index (κ3) is 2.91. The summed E-state index contributed by atoms with van der Waals surface area (Å²) in [5, 5.41) is 1.42. The fourth-order valence-electron chi connectivity index (χ4n) is 2.43. The molecule has 4 nitrogen and oxygen atoms in total. The number of fused-ring (bicyclic) bond motifs is 1. The van der Waals surface area contributed by atoms with Gasteiger partial charge in [0, 0.05) is 30.9 Å². The Morgan fingerprint density at radius 1 is 1.18 bits per heavy atom. The van der Waals surface area contributed by atoms with Crippen LogP contribution in [0.2, 0.25) is 5.28 Å². The molecule has 0 radical (unpaired) electrons. The van der Waals surface area contributed by atoms with Crippen molar-refractivity contribution in [3.63, 3.8) is 0 Å². The molecule has 0 N–H and O–H groups in total. The Morgan fingerprint density at radius 3 is 2.64 bits per heavy atom. The number of thiophene rings is 1. The van der Waals surface area contributed by atoms with E-state index in [9.17, 15) is 0 Å². The second-order valence-electron chi connectivity index (χ2n) is 5.31. The van der Waals surface area contributed by atoms with Crippen LogP contribution in [0.4, 0.5) is 5.82 Å². The van der Waals surface area contributed by atoms with Crippen LogP contribution in [0.25, 0.3) is 10.2 Å². The Kier molecular flexibility index (Phi) is 4.27. The van der Waals surface area contributed by atoms with Crippen molar-refractivity contribution in [2.75, 3.05) is 18.5 Å². The molecule has 0 bridgehead atoms. The minimum absolute atomic E-state index is 0.305. The summed E-state index contributed by atoms with van der Waals surface area (Å²) in [5.41, 5.74) is 2.50. The molecule has 0 saturated heterocycles. The largest absolute Gasteiger partial charge is 0.359 e. The monoisotopic (exact) mass is 332 g/mol. The lowest BCUT2D eigenvalue weighted by Gasteiger charge is -2.19. The van der Waals surface area contributed by atoms with Crippen molar-refractivity contribution >= 4 is 39.0 Å². The minimum Gasteiger partial charge on any atom is -0.359 e. The molecule has 0 aliphatic rings. The van der Waals surface area contributed by atoms with E-state index in [1.165, 1.54) is 16.0 Å². The second-order valence-corrected chi connectivity index (χ2v) is 6.85. The van der Waals surface area contributed by atoms with E-state index in [2.05, 4.69) is 33.7 Å². The van der Waals surface area contributed by atoms with Crippen molar-refractivity contribution in [1.82, 2.24) is 15.0 Å². The highest BCUT2D eigenvalue weighted by atomic mass is 35.5. The van der Waals surface area contributed by atoms with Gasteiger partial charge in [-0.1, -0.05) is 0 Å². The zero-order chi connectivity index (χ0) is 15.7. The van der Waals surface area contributed by atoms with Crippen molar-refractivity contribution in [3.8, 4) is 0 Å². The molecule has 3 heterocycles. The van der Waals surface area contributed by atoms with Crippen LogP contribution in [0.15, 0.2) is 24.5 Å². The van der Waals surface area contributed by atoms with Gasteiger partial charge in [0.2, 0.25) is 5.28 Å². The van der Waals surface area contributed by atoms with Gasteiger partial charge in [-0.25, -0.2) is 4.98 Å². The Hall–Kier alpha value is -1.72. The number of hydrogen-bond donors (Lipinski definition) is 0. The van der Waals surface area contributed by atoms with Gasteiger partial charge in [0.25, 0.3) is 0 Å². The summed E-state index contributed by atoms with van der Waals surface area (Å²) in [6.45, 7) is 5.09. The molecule has 0 aromatic carbocycles. The first kappa shape index (κ1) is 15.2. The quantitative estimate of drug-likeness (QED) is 0.676. The number of nitrogens with zero attached hydrogens (tertiary/aromatic N) is 4. The highest BCUT2D eigenvalue weighted by Gasteiger charge is 2.16. The highest BCUT2D eigenvalue weighted by molar-refractivity contribution is 7.18. The smallest absolute Gasteiger partial charge is 0.225 e. The average molecular weight is 333 g/mol. The third-order valence-corrected chi connectivity index (χ3v) is 5.10. The van der Waals surface area contributed by atoms with Gasteiger partial charge in [0.15, 0.2) is 0 Å². The average Bonchev–Trinajstić information content (AvgIpc) is 2.79. The van der Waals surface area contributed by atoms with Gasteiger partial charge in [-0.05, 0) is 55.1 Å². The van der Waals surface area contributed by atoms with Gasteiger partial charge in [-0.2, -0.15) is 4.98 Å². The zero-order valence-electron chi connectivity index (χ0n) is 12.8. The number of likely N-dealkylation sites (N-methyl/N-ethyl adjacent to an activating group) is 1. The highest BCUT2D eigenvalue weighted by Crippen LogP contribution is 2.35. The topological polar surface area (TPSA) is 41.9 Å². The summed E-state index contributed by atoms with van der Waals surface area (Å²) in [7, 11) is 2.05. The molecular formula is C16H17ClN4S. The molecule has 22 heavy (non-hydrogen) atoms. The molecule has 0 amide bonds.